The molecule has 2 N–H and O–H groups in total. The van der Waals surface area contributed by atoms with E-state index in [1.54, 1.807) is 36.4 Å². The Morgan fingerprint density at radius 3 is 2.43 bits per heavy atom. The number of aromatic nitrogens is 2. The van der Waals surface area contributed by atoms with Crippen molar-refractivity contribution in [1.29, 1.82) is 0 Å². The maximum absolute atomic E-state index is 12.8. The maximum Gasteiger partial charge on any atom is 0.254 e. The van der Waals surface area contributed by atoms with E-state index in [2.05, 4.69) is 10.2 Å². The highest BCUT2D eigenvalue weighted by Gasteiger charge is 2.09. The summed E-state index contributed by atoms with van der Waals surface area (Å²) in [5.41, 5.74) is 6.91. The predicted octanol–water partition coefficient (Wildman–Crippen LogP) is 3.04. The van der Waals surface area contributed by atoms with E-state index < -0.39 is 0 Å². The lowest BCUT2D eigenvalue weighted by Crippen LogP contribution is -1.95. The van der Waals surface area contributed by atoms with E-state index in [1.165, 1.54) is 12.1 Å². The summed E-state index contributed by atoms with van der Waals surface area (Å²) in [6.07, 6.45) is 0. The van der Waals surface area contributed by atoms with Crippen molar-refractivity contribution in [3.63, 3.8) is 0 Å². The first-order chi connectivity index (χ1) is 10.2. The minimum atomic E-state index is -0.315. The summed E-state index contributed by atoms with van der Waals surface area (Å²) in [5, 5.41) is 7.79. The molecular weight excluding hydrogens is 273 g/mol. The van der Waals surface area contributed by atoms with Crippen molar-refractivity contribution in [3.8, 4) is 17.2 Å². The Morgan fingerprint density at radius 1 is 1.00 bits per heavy atom. The van der Waals surface area contributed by atoms with Crippen molar-refractivity contribution < 1.29 is 13.5 Å². The lowest BCUT2D eigenvalue weighted by molar-refractivity contribution is 0.264. The van der Waals surface area contributed by atoms with Crippen LogP contribution in [0.5, 0.6) is 5.75 Å². The van der Waals surface area contributed by atoms with Crippen molar-refractivity contribution in [1.82, 2.24) is 10.2 Å². The standard InChI is InChI=1S/C15H12FN3O2/c16-11-3-1-10(2-4-11)15-19-18-14(21-15)9-20-13-7-5-12(17)6-8-13/h1-8H,9,17H2. The van der Waals surface area contributed by atoms with Gasteiger partial charge in [0.25, 0.3) is 5.89 Å². The Morgan fingerprint density at radius 2 is 1.71 bits per heavy atom. The fraction of sp³-hybridized carbons (Fsp3) is 0.0667. The largest absolute Gasteiger partial charge is 0.484 e. The summed E-state index contributed by atoms with van der Waals surface area (Å²) in [4.78, 5) is 0. The molecule has 3 rings (SSSR count). The van der Waals surface area contributed by atoms with Gasteiger partial charge in [0.05, 0.1) is 0 Å². The van der Waals surface area contributed by atoms with Crippen LogP contribution >= 0.6 is 0 Å². The van der Waals surface area contributed by atoms with E-state index in [4.69, 9.17) is 14.9 Å². The molecule has 0 aliphatic heterocycles. The van der Waals surface area contributed by atoms with E-state index in [0.717, 1.165) is 0 Å². The Hall–Kier alpha value is -2.89. The number of halogens is 1. The van der Waals surface area contributed by atoms with E-state index in [9.17, 15) is 4.39 Å². The SMILES string of the molecule is Nc1ccc(OCc2nnc(-c3ccc(F)cc3)o2)cc1. The normalized spacial score (nSPS) is 10.5. The molecule has 0 bridgehead atoms. The molecule has 0 aliphatic carbocycles. The van der Waals surface area contributed by atoms with Crippen LogP contribution in [0.25, 0.3) is 11.5 Å². The van der Waals surface area contributed by atoms with Crippen LogP contribution < -0.4 is 10.5 Å². The van der Waals surface area contributed by atoms with Gasteiger partial charge in [0.2, 0.25) is 5.89 Å². The Kier molecular flexibility index (Phi) is 3.51. The second-order valence-corrected chi connectivity index (χ2v) is 4.37. The number of hydrogen-bond acceptors (Lipinski definition) is 5. The topological polar surface area (TPSA) is 74.2 Å². The number of benzene rings is 2. The van der Waals surface area contributed by atoms with Crippen molar-refractivity contribution in [2.24, 2.45) is 0 Å². The van der Waals surface area contributed by atoms with Crippen LogP contribution in [-0.4, -0.2) is 10.2 Å². The zero-order valence-electron chi connectivity index (χ0n) is 11.0. The Bertz CT molecular complexity index is 723. The predicted molar refractivity (Wildman–Crippen MR) is 74.9 cm³/mol. The smallest absolute Gasteiger partial charge is 0.254 e. The number of hydrogen-bond donors (Lipinski definition) is 1. The molecule has 0 unspecified atom stereocenters. The third-order valence-electron chi connectivity index (χ3n) is 2.80. The lowest BCUT2D eigenvalue weighted by atomic mass is 10.2. The van der Waals surface area contributed by atoms with Crippen LogP contribution in [0.2, 0.25) is 0 Å². The van der Waals surface area contributed by atoms with Gasteiger partial charge in [-0.25, -0.2) is 4.39 Å². The van der Waals surface area contributed by atoms with Crippen molar-refractivity contribution in [2.45, 2.75) is 6.61 Å². The molecule has 0 amide bonds. The highest BCUT2D eigenvalue weighted by Crippen LogP contribution is 2.19. The number of rotatable bonds is 4. The quantitative estimate of drug-likeness (QED) is 0.746. The molecular formula is C15H12FN3O2. The van der Waals surface area contributed by atoms with Gasteiger partial charge in [-0.3, -0.25) is 0 Å². The number of nitrogen functional groups attached to an aromatic ring is 1. The van der Waals surface area contributed by atoms with Gasteiger partial charge in [-0.1, -0.05) is 0 Å². The van der Waals surface area contributed by atoms with Gasteiger partial charge in [0, 0.05) is 11.3 Å². The zero-order chi connectivity index (χ0) is 14.7. The molecule has 2 aromatic carbocycles. The van der Waals surface area contributed by atoms with Gasteiger partial charge < -0.3 is 14.9 Å². The van der Waals surface area contributed by atoms with E-state index >= 15 is 0 Å². The molecule has 0 fully saturated rings. The highest BCUT2D eigenvalue weighted by molar-refractivity contribution is 5.51. The molecule has 0 saturated carbocycles. The van der Waals surface area contributed by atoms with Crippen molar-refractivity contribution >= 4 is 5.69 Å². The summed E-state index contributed by atoms with van der Waals surface area (Å²) in [6, 6.07) is 12.8. The molecule has 0 radical (unpaired) electrons. The third-order valence-corrected chi connectivity index (χ3v) is 2.80. The Balaban J connectivity index is 1.67. The maximum atomic E-state index is 12.8. The molecule has 0 aliphatic rings. The highest BCUT2D eigenvalue weighted by atomic mass is 19.1. The van der Waals surface area contributed by atoms with Crippen molar-refractivity contribution in [2.75, 3.05) is 5.73 Å². The molecule has 3 aromatic rings. The fourth-order valence-corrected chi connectivity index (χ4v) is 1.73. The van der Waals surface area contributed by atoms with Crippen molar-refractivity contribution in [3.05, 3.63) is 60.2 Å². The number of nitrogens with two attached hydrogens (primary N) is 1. The van der Waals surface area contributed by atoms with Gasteiger partial charge >= 0.3 is 0 Å². The third kappa shape index (κ3) is 3.17. The zero-order valence-corrected chi connectivity index (χ0v) is 11.0. The molecule has 6 heteroatoms. The van der Waals surface area contributed by atoms with Crippen LogP contribution in [0.1, 0.15) is 5.89 Å². The Labute approximate surface area is 120 Å². The second-order valence-electron chi connectivity index (χ2n) is 4.37. The summed E-state index contributed by atoms with van der Waals surface area (Å²) < 4.78 is 23.8. The average molecular weight is 285 g/mol. The van der Waals surface area contributed by atoms with E-state index in [1.807, 2.05) is 0 Å². The fourth-order valence-electron chi connectivity index (χ4n) is 1.73. The van der Waals surface area contributed by atoms with Crippen LogP contribution in [0.15, 0.2) is 52.9 Å². The minimum absolute atomic E-state index is 0.151. The van der Waals surface area contributed by atoms with Gasteiger partial charge in [-0.05, 0) is 48.5 Å². The molecule has 1 heterocycles. The lowest BCUT2D eigenvalue weighted by Gasteiger charge is -2.02. The minimum Gasteiger partial charge on any atom is -0.484 e. The van der Waals surface area contributed by atoms with Gasteiger partial charge in [0.1, 0.15) is 11.6 Å². The first kappa shape index (κ1) is 13.1. The number of nitrogens with zero attached hydrogens (tertiary/aromatic N) is 2. The van der Waals surface area contributed by atoms with Crippen LogP contribution in [0.3, 0.4) is 0 Å². The number of ether oxygens (including phenoxy) is 1. The summed E-state index contributed by atoms with van der Waals surface area (Å²) in [7, 11) is 0. The molecule has 0 atom stereocenters. The van der Waals surface area contributed by atoms with Crippen LogP contribution in [0, 0.1) is 5.82 Å². The van der Waals surface area contributed by atoms with Crippen LogP contribution in [0.4, 0.5) is 10.1 Å². The summed E-state index contributed by atoms with van der Waals surface area (Å²) in [5.74, 6) is 1.01. The average Bonchev–Trinajstić information content (AvgIpc) is 2.96. The van der Waals surface area contributed by atoms with Gasteiger partial charge in [0.15, 0.2) is 6.61 Å². The number of anilines is 1. The first-order valence-corrected chi connectivity index (χ1v) is 6.27. The molecule has 106 valence electrons. The van der Waals surface area contributed by atoms with E-state index in [0.29, 0.717) is 28.8 Å². The monoisotopic (exact) mass is 285 g/mol. The van der Waals surface area contributed by atoms with Gasteiger partial charge in [-0.2, -0.15) is 0 Å². The van der Waals surface area contributed by atoms with Crippen LogP contribution in [-0.2, 0) is 6.61 Å². The molecule has 0 saturated heterocycles. The molecule has 1 aromatic heterocycles. The second kappa shape index (κ2) is 5.62. The van der Waals surface area contributed by atoms with Gasteiger partial charge in [-0.15, -0.1) is 10.2 Å². The molecule has 5 nitrogen and oxygen atoms in total. The first-order valence-electron chi connectivity index (χ1n) is 6.27. The molecule has 21 heavy (non-hydrogen) atoms. The summed E-state index contributed by atoms with van der Waals surface area (Å²) in [6.45, 7) is 0.151. The summed E-state index contributed by atoms with van der Waals surface area (Å²) >= 11 is 0. The molecule has 0 spiro atoms. The van der Waals surface area contributed by atoms with E-state index in [-0.39, 0.29) is 12.4 Å².